The maximum Gasteiger partial charge on any atom is 0.229 e. The van der Waals surface area contributed by atoms with Crippen molar-refractivity contribution >= 4 is 33.6 Å². The Hall–Kier alpha value is -1.32. The van der Waals surface area contributed by atoms with E-state index < -0.39 is 10.0 Å². The molecule has 2 aliphatic heterocycles. The lowest BCUT2D eigenvalue weighted by Crippen LogP contribution is -2.45. The Morgan fingerprint density at radius 2 is 1.96 bits per heavy atom. The van der Waals surface area contributed by atoms with E-state index in [9.17, 15) is 18.0 Å². The molecule has 138 valence electrons. The average Bonchev–Trinajstić information content (AvgIpc) is 2.98. The first-order valence-electron chi connectivity index (χ1n) is 8.43. The van der Waals surface area contributed by atoms with Gasteiger partial charge < -0.3 is 4.42 Å². The molecule has 2 saturated heterocycles. The minimum absolute atomic E-state index is 0.0503. The van der Waals surface area contributed by atoms with E-state index in [0.29, 0.717) is 44.5 Å². The Morgan fingerprint density at radius 3 is 2.64 bits per heavy atom. The number of hydrogen-bond acceptors (Lipinski definition) is 6. The Bertz CT molecular complexity index is 701. The molecule has 2 aliphatic rings. The van der Waals surface area contributed by atoms with E-state index in [-0.39, 0.29) is 29.4 Å². The fourth-order valence-electron chi connectivity index (χ4n) is 3.12. The standard InChI is InChI=1S/C16H22N2O5S2/c19-15-4-1-5-16(20)18(15)9-12-25(21,22)17-7-6-14(24-11-8-17)13-3-2-10-23-13/h2-3,10,14H,1,4-9,11-12H2. The Kier molecular flexibility index (Phi) is 5.85. The van der Waals surface area contributed by atoms with Gasteiger partial charge in [0.05, 0.1) is 17.3 Å². The molecule has 0 aromatic carbocycles. The number of piperidine rings is 1. The molecular weight excluding hydrogens is 364 g/mol. The predicted molar refractivity (Wildman–Crippen MR) is 94.5 cm³/mol. The molecule has 2 amide bonds. The van der Waals surface area contributed by atoms with E-state index in [0.717, 1.165) is 10.7 Å². The SMILES string of the molecule is O=C1CCCC(=O)N1CCS(=O)(=O)N1CCSC(c2ccco2)CC1. The highest BCUT2D eigenvalue weighted by Gasteiger charge is 2.31. The van der Waals surface area contributed by atoms with Gasteiger partial charge in [-0.2, -0.15) is 0 Å². The van der Waals surface area contributed by atoms with Crippen LogP contribution in [0, 0.1) is 0 Å². The number of carbonyl (C=O) groups is 2. The second-order valence-electron chi connectivity index (χ2n) is 6.17. The quantitative estimate of drug-likeness (QED) is 0.715. The van der Waals surface area contributed by atoms with Crippen LogP contribution in [0.1, 0.15) is 36.7 Å². The molecule has 3 heterocycles. The van der Waals surface area contributed by atoms with Gasteiger partial charge in [-0.05, 0) is 25.0 Å². The summed E-state index contributed by atoms with van der Waals surface area (Å²) >= 11 is 1.69. The van der Waals surface area contributed by atoms with Gasteiger partial charge in [-0.1, -0.05) is 0 Å². The zero-order valence-electron chi connectivity index (χ0n) is 13.9. The third-order valence-corrected chi connectivity index (χ3v) is 7.65. The first kappa shape index (κ1) is 18.5. The van der Waals surface area contributed by atoms with Crippen molar-refractivity contribution < 1.29 is 22.4 Å². The number of thioether (sulfide) groups is 1. The number of rotatable bonds is 5. The molecule has 9 heteroatoms. The van der Waals surface area contributed by atoms with Crippen molar-refractivity contribution in [1.82, 2.24) is 9.21 Å². The molecule has 0 bridgehead atoms. The summed E-state index contributed by atoms with van der Waals surface area (Å²) in [6.07, 6.45) is 3.49. The minimum Gasteiger partial charge on any atom is -0.468 e. The van der Waals surface area contributed by atoms with Crippen molar-refractivity contribution in [3.8, 4) is 0 Å². The highest BCUT2D eigenvalue weighted by molar-refractivity contribution is 7.99. The summed E-state index contributed by atoms with van der Waals surface area (Å²) in [5.74, 6) is 0.812. The summed E-state index contributed by atoms with van der Waals surface area (Å²) in [5, 5.41) is 0.153. The number of amides is 2. The fraction of sp³-hybridized carbons (Fsp3) is 0.625. The first-order chi connectivity index (χ1) is 12.0. The molecule has 0 spiro atoms. The molecule has 1 atom stereocenters. The fourth-order valence-corrected chi connectivity index (χ4v) is 5.84. The highest BCUT2D eigenvalue weighted by Crippen LogP contribution is 2.35. The number of likely N-dealkylation sites (tertiary alicyclic amines) is 1. The van der Waals surface area contributed by atoms with Crippen LogP contribution >= 0.6 is 11.8 Å². The van der Waals surface area contributed by atoms with E-state index in [4.69, 9.17) is 4.42 Å². The molecule has 0 aliphatic carbocycles. The van der Waals surface area contributed by atoms with Crippen LogP contribution in [0.5, 0.6) is 0 Å². The van der Waals surface area contributed by atoms with E-state index in [1.807, 2.05) is 12.1 Å². The van der Waals surface area contributed by atoms with Gasteiger partial charge in [0.2, 0.25) is 21.8 Å². The number of carbonyl (C=O) groups excluding carboxylic acids is 2. The molecule has 7 nitrogen and oxygen atoms in total. The van der Waals surface area contributed by atoms with Crippen LogP contribution in [0.15, 0.2) is 22.8 Å². The van der Waals surface area contributed by atoms with Crippen LogP contribution in [0.2, 0.25) is 0 Å². The van der Waals surface area contributed by atoms with Crippen LogP contribution in [0.25, 0.3) is 0 Å². The molecular formula is C16H22N2O5S2. The molecule has 2 fully saturated rings. The molecule has 0 radical (unpaired) electrons. The smallest absolute Gasteiger partial charge is 0.229 e. The summed E-state index contributed by atoms with van der Waals surface area (Å²) in [7, 11) is -3.50. The predicted octanol–water partition coefficient (Wildman–Crippen LogP) is 1.63. The second kappa shape index (κ2) is 7.92. The van der Waals surface area contributed by atoms with Gasteiger partial charge in [0.15, 0.2) is 0 Å². The average molecular weight is 386 g/mol. The van der Waals surface area contributed by atoms with Gasteiger partial charge in [-0.15, -0.1) is 11.8 Å². The topological polar surface area (TPSA) is 87.9 Å². The molecule has 1 unspecified atom stereocenters. The summed E-state index contributed by atoms with van der Waals surface area (Å²) in [4.78, 5) is 24.7. The van der Waals surface area contributed by atoms with Gasteiger partial charge in [-0.3, -0.25) is 14.5 Å². The zero-order valence-corrected chi connectivity index (χ0v) is 15.6. The van der Waals surface area contributed by atoms with Gasteiger partial charge in [0.25, 0.3) is 0 Å². The van der Waals surface area contributed by atoms with Crippen molar-refractivity contribution in [2.24, 2.45) is 0 Å². The van der Waals surface area contributed by atoms with Gasteiger partial charge in [0, 0.05) is 38.2 Å². The number of imide groups is 1. The van der Waals surface area contributed by atoms with Gasteiger partial charge in [0.1, 0.15) is 5.76 Å². The third-order valence-electron chi connectivity index (χ3n) is 4.51. The van der Waals surface area contributed by atoms with Crippen LogP contribution in [-0.2, 0) is 19.6 Å². The maximum atomic E-state index is 12.6. The number of hydrogen-bond donors (Lipinski definition) is 0. The van der Waals surface area contributed by atoms with Crippen LogP contribution in [0.4, 0.5) is 0 Å². The number of nitrogens with zero attached hydrogens (tertiary/aromatic N) is 2. The van der Waals surface area contributed by atoms with Crippen LogP contribution in [-0.4, -0.2) is 60.6 Å². The summed E-state index contributed by atoms with van der Waals surface area (Å²) in [6, 6.07) is 3.75. The summed E-state index contributed by atoms with van der Waals surface area (Å²) in [5.41, 5.74) is 0. The number of furan rings is 1. The monoisotopic (exact) mass is 386 g/mol. The van der Waals surface area contributed by atoms with Crippen molar-refractivity contribution in [2.45, 2.75) is 30.9 Å². The molecule has 0 N–H and O–H groups in total. The molecule has 0 saturated carbocycles. The van der Waals surface area contributed by atoms with Gasteiger partial charge >= 0.3 is 0 Å². The van der Waals surface area contributed by atoms with E-state index in [1.54, 1.807) is 18.0 Å². The molecule has 1 aromatic rings. The van der Waals surface area contributed by atoms with E-state index in [2.05, 4.69) is 0 Å². The number of sulfonamides is 1. The van der Waals surface area contributed by atoms with E-state index >= 15 is 0 Å². The minimum atomic E-state index is -3.50. The molecule has 25 heavy (non-hydrogen) atoms. The maximum absolute atomic E-state index is 12.6. The zero-order chi connectivity index (χ0) is 17.9. The highest BCUT2D eigenvalue weighted by atomic mass is 32.2. The van der Waals surface area contributed by atoms with Crippen molar-refractivity contribution in [3.05, 3.63) is 24.2 Å². The molecule has 3 rings (SSSR count). The lowest BCUT2D eigenvalue weighted by Gasteiger charge is -2.26. The second-order valence-corrected chi connectivity index (χ2v) is 9.57. The summed E-state index contributed by atoms with van der Waals surface area (Å²) in [6.45, 7) is 0.806. The van der Waals surface area contributed by atoms with Crippen molar-refractivity contribution in [3.63, 3.8) is 0 Å². The third kappa shape index (κ3) is 4.45. The van der Waals surface area contributed by atoms with E-state index in [1.165, 1.54) is 4.31 Å². The Morgan fingerprint density at radius 1 is 1.20 bits per heavy atom. The van der Waals surface area contributed by atoms with Crippen LogP contribution in [0.3, 0.4) is 0 Å². The molecule has 1 aromatic heterocycles. The first-order valence-corrected chi connectivity index (χ1v) is 11.1. The van der Waals surface area contributed by atoms with Gasteiger partial charge in [-0.25, -0.2) is 12.7 Å². The normalized spacial score (nSPS) is 23.7. The van der Waals surface area contributed by atoms with Crippen molar-refractivity contribution in [1.29, 1.82) is 0 Å². The van der Waals surface area contributed by atoms with Crippen LogP contribution < -0.4 is 0 Å². The largest absolute Gasteiger partial charge is 0.468 e. The summed E-state index contributed by atoms with van der Waals surface area (Å²) < 4.78 is 32.2. The Balaban J connectivity index is 1.58. The lowest BCUT2D eigenvalue weighted by atomic mass is 10.1. The Labute approximate surface area is 151 Å². The lowest BCUT2D eigenvalue weighted by molar-refractivity contribution is -0.147. The van der Waals surface area contributed by atoms with Crippen molar-refractivity contribution in [2.75, 3.05) is 31.1 Å².